The van der Waals surface area contributed by atoms with Gasteiger partial charge in [0, 0.05) is 11.5 Å². The lowest BCUT2D eigenvalue weighted by Gasteiger charge is -2.48. The van der Waals surface area contributed by atoms with Crippen LogP contribution in [0.1, 0.15) is 24.8 Å². The molecule has 0 aromatic heterocycles. The molecular formula is C13H16FN. The molecule has 3 aliphatic rings. The molecule has 3 unspecified atom stereocenters. The summed E-state index contributed by atoms with van der Waals surface area (Å²) in [7, 11) is 2.00. The van der Waals surface area contributed by atoms with Gasteiger partial charge in [0.1, 0.15) is 5.82 Å². The fourth-order valence-electron chi connectivity index (χ4n) is 3.76. The van der Waals surface area contributed by atoms with E-state index in [4.69, 9.17) is 0 Å². The lowest BCUT2D eigenvalue weighted by atomic mass is 9.61. The molecule has 0 spiro atoms. The second kappa shape index (κ2) is 3.05. The first-order valence-electron chi connectivity index (χ1n) is 5.70. The van der Waals surface area contributed by atoms with E-state index in [2.05, 4.69) is 5.32 Å². The fraction of sp³-hybridized carbons (Fsp3) is 0.538. The third kappa shape index (κ3) is 1.06. The zero-order valence-electron chi connectivity index (χ0n) is 8.96. The second-order valence-electron chi connectivity index (χ2n) is 4.91. The summed E-state index contributed by atoms with van der Waals surface area (Å²) < 4.78 is 13.8. The summed E-state index contributed by atoms with van der Waals surface area (Å²) in [5.41, 5.74) is 1.03. The Morgan fingerprint density at radius 1 is 1.40 bits per heavy atom. The quantitative estimate of drug-likeness (QED) is 0.782. The number of nitrogens with one attached hydrogen (secondary N) is 1. The Hall–Kier alpha value is -0.890. The Morgan fingerprint density at radius 2 is 2.20 bits per heavy atom. The molecule has 4 rings (SSSR count). The van der Waals surface area contributed by atoms with Gasteiger partial charge < -0.3 is 5.32 Å². The number of rotatable bonds is 2. The first-order valence-corrected chi connectivity index (χ1v) is 5.70. The van der Waals surface area contributed by atoms with Gasteiger partial charge in [0.2, 0.25) is 0 Å². The van der Waals surface area contributed by atoms with Crippen molar-refractivity contribution >= 4 is 0 Å². The van der Waals surface area contributed by atoms with Crippen molar-refractivity contribution < 1.29 is 4.39 Å². The molecule has 80 valence electrons. The molecule has 3 fully saturated rings. The second-order valence-corrected chi connectivity index (χ2v) is 4.91. The highest BCUT2D eigenvalue weighted by Gasteiger charge is 2.59. The van der Waals surface area contributed by atoms with Crippen molar-refractivity contribution in [3.05, 3.63) is 35.6 Å². The van der Waals surface area contributed by atoms with Crippen LogP contribution >= 0.6 is 0 Å². The molecule has 1 aromatic carbocycles. The van der Waals surface area contributed by atoms with E-state index in [1.165, 1.54) is 12.8 Å². The Balaban J connectivity index is 2.04. The number of hydrogen-bond donors (Lipinski definition) is 1. The minimum atomic E-state index is -0.0295. The fourth-order valence-corrected chi connectivity index (χ4v) is 3.76. The van der Waals surface area contributed by atoms with Crippen molar-refractivity contribution in [1.29, 1.82) is 0 Å². The summed E-state index contributed by atoms with van der Waals surface area (Å²) >= 11 is 0. The molecule has 0 heterocycles. The van der Waals surface area contributed by atoms with Gasteiger partial charge in [0.15, 0.2) is 0 Å². The number of halogens is 1. The highest BCUT2D eigenvalue weighted by molar-refractivity contribution is 5.36. The van der Waals surface area contributed by atoms with Gasteiger partial charge in [0.25, 0.3) is 0 Å². The SMILES string of the molecule is CNC1C2CCC1(c1ccccc1F)C2. The van der Waals surface area contributed by atoms with Gasteiger partial charge in [-0.1, -0.05) is 18.2 Å². The van der Waals surface area contributed by atoms with Gasteiger partial charge >= 0.3 is 0 Å². The van der Waals surface area contributed by atoms with E-state index >= 15 is 0 Å². The summed E-state index contributed by atoms with van der Waals surface area (Å²) in [5.74, 6) is 0.743. The molecule has 1 N–H and O–H groups in total. The van der Waals surface area contributed by atoms with E-state index in [-0.39, 0.29) is 11.2 Å². The highest BCUT2D eigenvalue weighted by atomic mass is 19.1. The zero-order valence-corrected chi connectivity index (χ0v) is 8.96. The summed E-state index contributed by atoms with van der Waals surface area (Å²) in [4.78, 5) is 0. The standard InChI is InChI=1S/C13H16FN/c1-15-12-9-6-7-13(12,8-9)10-4-2-3-5-11(10)14/h2-5,9,12,15H,6-8H2,1H3. The first-order chi connectivity index (χ1) is 7.28. The van der Waals surface area contributed by atoms with Gasteiger partial charge in [-0.25, -0.2) is 4.39 Å². The van der Waals surface area contributed by atoms with E-state index in [0.717, 1.165) is 17.9 Å². The van der Waals surface area contributed by atoms with Crippen LogP contribution in [0.3, 0.4) is 0 Å². The predicted octanol–water partition coefficient (Wildman–Crippen LogP) is 2.47. The molecule has 0 saturated heterocycles. The third-order valence-corrected chi connectivity index (χ3v) is 4.38. The van der Waals surface area contributed by atoms with Crippen molar-refractivity contribution in [2.24, 2.45) is 5.92 Å². The van der Waals surface area contributed by atoms with E-state index in [0.29, 0.717) is 6.04 Å². The number of hydrogen-bond acceptors (Lipinski definition) is 1. The lowest BCUT2D eigenvalue weighted by molar-refractivity contribution is 0.153. The molecule has 15 heavy (non-hydrogen) atoms. The molecule has 0 amide bonds. The van der Waals surface area contributed by atoms with Crippen molar-refractivity contribution in [2.75, 3.05) is 7.05 Å². The normalized spacial score (nSPS) is 37.7. The van der Waals surface area contributed by atoms with Crippen LogP contribution in [0.15, 0.2) is 24.3 Å². The number of benzene rings is 1. The maximum Gasteiger partial charge on any atom is 0.127 e. The van der Waals surface area contributed by atoms with E-state index in [1.807, 2.05) is 19.2 Å². The Kier molecular flexibility index (Phi) is 1.90. The Morgan fingerprint density at radius 3 is 2.87 bits per heavy atom. The van der Waals surface area contributed by atoms with E-state index in [9.17, 15) is 4.39 Å². The van der Waals surface area contributed by atoms with Gasteiger partial charge in [-0.3, -0.25) is 0 Å². The van der Waals surface area contributed by atoms with Crippen molar-refractivity contribution in [1.82, 2.24) is 5.32 Å². The van der Waals surface area contributed by atoms with Gasteiger partial charge in [0.05, 0.1) is 0 Å². The summed E-state index contributed by atoms with van der Waals surface area (Å²) in [5, 5.41) is 3.36. The van der Waals surface area contributed by atoms with Crippen LogP contribution in [0.2, 0.25) is 0 Å². The molecule has 2 bridgehead atoms. The Labute approximate surface area is 89.7 Å². The molecule has 3 atom stereocenters. The van der Waals surface area contributed by atoms with Gasteiger partial charge in [-0.05, 0) is 43.9 Å². The zero-order chi connectivity index (χ0) is 10.5. The van der Waals surface area contributed by atoms with E-state index in [1.54, 1.807) is 12.1 Å². The lowest BCUT2D eigenvalue weighted by Crippen LogP contribution is -2.56. The number of likely N-dealkylation sites (N-methyl/N-ethyl adjacent to an activating group) is 1. The van der Waals surface area contributed by atoms with Crippen LogP contribution in [0, 0.1) is 11.7 Å². The van der Waals surface area contributed by atoms with E-state index < -0.39 is 0 Å². The summed E-state index contributed by atoms with van der Waals surface area (Å²) in [6.45, 7) is 0. The van der Waals surface area contributed by atoms with Crippen molar-refractivity contribution in [2.45, 2.75) is 30.7 Å². The molecule has 3 aliphatic carbocycles. The molecular weight excluding hydrogens is 189 g/mol. The maximum atomic E-state index is 13.8. The largest absolute Gasteiger partial charge is 0.316 e. The molecule has 2 heteroatoms. The minimum Gasteiger partial charge on any atom is -0.316 e. The van der Waals surface area contributed by atoms with Gasteiger partial charge in [-0.15, -0.1) is 0 Å². The average molecular weight is 205 g/mol. The van der Waals surface area contributed by atoms with Crippen LogP contribution < -0.4 is 5.32 Å². The molecule has 3 saturated carbocycles. The molecule has 0 aliphatic heterocycles. The molecule has 0 radical (unpaired) electrons. The minimum absolute atomic E-state index is 0.0295. The number of fused-ring (bicyclic) bond motifs is 1. The monoisotopic (exact) mass is 205 g/mol. The smallest absolute Gasteiger partial charge is 0.127 e. The van der Waals surface area contributed by atoms with Gasteiger partial charge in [-0.2, -0.15) is 0 Å². The van der Waals surface area contributed by atoms with Crippen LogP contribution in [0.25, 0.3) is 0 Å². The molecule has 1 nitrogen and oxygen atoms in total. The summed E-state index contributed by atoms with van der Waals surface area (Å²) in [6, 6.07) is 7.76. The third-order valence-electron chi connectivity index (χ3n) is 4.38. The molecule has 1 aromatic rings. The first kappa shape index (κ1) is 9.34. The predicted molar refractivity (Wildman–Crippen MR) is 58.3 cm³/mol. The topological polar surface area (TPSA) is 12.0 Å². The Bertz CT molecular complexity index is 386. The van der Waals surface area contributed by atoms with Crippen LogP contribution in [-0.4, -0.2) is 13.1 Å². The highest BCUT2D eigenvalue weighted by Crippen LogP contribution is 2.60. The van der Waals surface area contributed by atoms with Crippen LogP contribution in [0.5, 0.6) is 0 Å². The van der Waals surface area contributed by atoms with Crippen LogP contribution in [0.4, 0.5) is 4.39 Å². The van der Waals surface area contributed by atoms with Crippen molar-refractivity contribution in [3.8, 4) is 0 Å². The maximum absolute atomic E-state index is 13.8. The average Bonchev–Trinajstić information content (AvgIpc) is 2.77. The van der Waals surface area contributed by atoms with Crippen molar-refractivity contribution in [3.63, 3.8) is 0 Å². The summed E-state index contributed by atoms with van der Waals surface area (Å²) in [6.07, 6.45) is 3.56. The van der Waals surface area contributed by atoms with Crippen LogP contribution in [-0.2, 0) is 5.41 Å².